The number of rotatable bonds is 16. The number of aromatic nitrogens is 4. The number of nitrogens with one attached hydrogen (secondary N) is 3. The number of carboxylic acids is 2. The van der Waals surface area contributed by atoms with Crippen LogP contribution >= 0.6 is 50.7 Å². The fourth-order valence-corrected chi connectivity index (χ4v) is 10.2. The normalized spacial score (nSPS) is 12.9. The lowest BCUT2D eigenvalue weighted by molar-refractivity contribution is -0.289. The molecule has 0 bridgehead atoms. The number of amides is 3. The molecular weight excluding hydrogens is 2020 g/mol. The number of benzene rings is 7. The molecule has 0 aliphatic carbocycles. The topological polar surface area (TPSA) is 325 Å². The predicted molar refractivity (Wildman–Crippen MR) is 405 cm³/mol. The lowest BCUT2D eigenvalue weighted by Crippen LogP contribution is -2.34. The minimum atomic E-state index is -5.90. The van der Waals surface area contributed by atoms with E-state index in [-0.39, 0.29) is 82.5 Å². The quantitative estimate of drug-likeness (QED) is 0.0387. The van der Waals surface area contributed by atoms with Gasteiger partial charge in [0.2, 0.25) is 0 Å². The van der Waals surface area contributed by atoms with Crippen molar-refractivity contribution >= 4 is 121 Å². The van der Waals surface area contributed by atoms with Crippen LogP contribution in [-0.2, 0) is 39.2 Å². The second-order valence-corrected chi connectivity index (χ2v) is 27.4. The molecule has 0 saturated heterocycles. The summed E-state index contributed by atoms with van der Waals surface area (Å²) in [6.45, 7) is 1.19. The number of ether oxygens (including phenoxy) is 1. The number of carbonyl (C=O) groups is 8. The highest BCUT2D eigenvalue weighted by Crippen LogP contribution is 2.50. The van der Waals surface area contributed by atoms with Gasteiger partial charge in [0, 0.05) is 69.0 Å². The lowest BCUT2D eigenvalue weighted by atomic mass is 10.0. The summed E-state index contributed by atoms with van der Waals surface area (Å²) in [5.41, 5.74) is -5.90. The summed E-state index contributed by atoms with van der Waals surface area (Å²) < 4.78 is 400. The van der Waals surface area contributed by atoms with Crippen LogP contribution < -0.4 is 26.4 Å². The van der Waals surface area contributed by atoms with Crippen LogP contribution in [-0.4, -0.2) is 133 Å². The third-order valence-corrected chi connectivity index (χ3v) is 16.8. The van der Waals surface area contributed by atoms with E-state index >= 15 is 0 Å². The van der Waals surface area contributed by atoms with E-state index in [4.69, 9.17) is 55.5 Å². The van der Waals surface area contributed by atoms with Crippen LogP contribution in [0.3, 0.4) is 0 Å². The Morgan fingerprint density at radius 1 is 0.398 bits per heavy atom. The average Bonchev–Trinajstić information content (AvgIpc) is 0.738. The third-order valence-electron chi connectivity index (χ3n) is 15.8. The summed E-state index contributed by atoms with van der Waals surface area (Å²) in [7, 11) is 0. The number of aromatic carboxylic acids is 2. The van der Waals surface area contributed by atoms with E-state index in [9.17, 15) is 174 Å². The van der Waals surface area contributed by atoms with Crippen molar-refractivity contribution in [2.45, 2.75) is 67.4 Å². The van der Waals surface area contributed by atoms with E-state index in [0.29, 0.717) is 69.9 Å². The van der Waals surface area contributed by atoms with E-state index in [2.05, 4.69) is 62.3 Å². The van der Waals surface area contributed by atoms with Gasteiger partial charge in [0.1, 0.15) is 59.5 Å². The molecule has 9 aromatic rings. The van der Waals surface area contributed by atoms with Gasteiger partial charge in [0.25, 0.3) is 23.0 Å². The number of alkyl halides is 25. The molecule has 133 heavy (non-hydrogen) atoms. The van der Waals surface area contributed by atoms with E-state index in [1.54, 1.807) is 0 Å². The molecule has 0 spiro atoms. The van der Waals surface area contributed by atoms with Crippen LogP contribution in [0.2, 0.25) is 10.3 Å². The number of allylic oxidation sites excluding steroid dienone is 2. The highest BCUT2D eigenvalue weighted by molar-refractivity contribution is 9.10. The van der Waals surface area contributed by atoms with Crippen LogP contribution in [0.25, 0.3) is 0 Å². The standard InChI is InChI=1S/C21H14F6N2O3.C14H8F6N2O2.C13H6ClF6N3O.C9H3ClF6O.C9H4F6O2.C7H4BrFO2.C4H4ClN3/c1-11-6-13(22)3-5-17(11)32-18-7-12(20(23,24)21(25,26)27)2-4-16(18)19(31)29-14-8-15(30)10-28-9-14;15-11-3-7(13(16,17)14(18,19)20)1-2-10(11)12(24)22-8-4-9(23)6-21-5-8;14-10-4-7(5-21-23-10)22-11(24)8-2-1-6(3-9(8)15)12(16,17)13(18,19)20;10-7(17)5-2-1-4(3-6(5)11)8(12,13)9(14,15)16;10-6-3-4(1-2-5(6)7(16)17)8(11,12)9(13,14)15;8-4-1-2-5(7(10)11)6(9)3-4;5-4-1-3(6)2-7-8-4/h2-9H,10H2,1H3,(H,29,31);1-5H,6H2,(H,22,24);1-5H,(H,22,23,24);1-3H;1-3H,(H,16,17);1-3H,(H,10,11);1-2H,(H2,6,8). The van der Waals surface area contributed by atoms with Gasteiger partial charge in [0.15, 0.2) is 21.9 Å². The number of hydrogen-bond acceptors (Lipinski definition) is 16. The Morgan fingerprint density at radius 3 is 1.04 bits per heavy atom. The number of nitrogens with two attached hydrogens (primary N) is 1. The fourth-order valence-electron chi connectivity index (χ4n) is 9.34. The number of dihydropyridines is 2. The molecule has 4 heterocycles. The Hall–Kier alpha value is -13.3. The molecule has 2 aromatic heterocycles. The summed E-state index contributed by atoms with van der Waals surface area (Å²) in [4.78, 5) is 97.3. The van der Waals surface area contributed by atoms with Crippen LogP contribution in [0, 0.1) is 41.8 Å². The highest BCUT2D eigenvalue weighted by Gasteiger charge is 2.63. The van der Waals surface area contributed by atoms with Crippen LogP contribution in [0.15, 0.2) is 190 Å². The number of nitrogens with zero attached hydrogens (tertiary/aromatic N) is 6. The van der Waals surface area contributed by atoms with Crippen molar-refractivity contribution in [1.29, 1.82) is 0 Å². The van der Waals surface area contributed by atoms with Gasteiger partial charge in [-0.1, -0.05) is 69.5 Å². The summed E-state index contributed by atoms with van der Waals surface area (Å²) >= 11 is 18.8. The number of halogens is 35. The second-order valence-electron chi connectivity index (χ2n) is 25.4. The number of hydrogen-bond donors (Lipinski definition) is 6. The van der Waals surface area contributed by atoms with Gasteiger partial charge in [-0.3, -0.25) is 38.8 Å². The number of nitrogen functional groups attached to an aromatic ring is 1. The molecule has 56 heteroatoms. The minimum absolute atomic E-state index is 0.000129. The van der Waals surface area contributed by atoms with Crippen LogP contribution in [0.5, 0.6) is 11.5 Å². The first-order valence-electron chi connectivity index (χ1n) is 34.2. The smallest absolute Gasteiger partial charge is 0.458 e. The fraction of sp³-hybridized carbons (Fsp3) is 0.169. The number of carbonyl (C=O) groups excluding carboxylic acids is 6. The molecule has 2 aliphatic heterocycles. The van der Waals surface area contributed by atoms with E-state index in [1.165, 1.54) is 43.6 Å². The molecule has 3 amide bonds. The maximum Gasteiger partial charge on any atom is 0.458 e. The maximum atomic E-state index is 13.9. The number of ketones is 2. The number of carboxylic acid groups (broad SMARTS) is 2. The van der Waals surface area contributed by atoms with Gasteiger partial charge >= 0.3 is 72.4 Å². The van der Waals surface area contributed by atoms with Gasteiger partial charge in [-0.15, -0.1) is 10.2 Å². The molecule has 0 atom stereocenters. The highest BCUT2D eigenvalue weighted by atomic mass is 79.9. The summed E-state index contributed by atoms with van der Waals surface area (Å²) in [6, 6.07) is 14.0. The molecule has 21 nitrogen and oxygen atoms in total. The molecule has 7 N–H and O–H groups in total. The molecule has 0 saturated carbocycles. The molecule has 0 unspecified atom stereocenters. The van der Waals surface area contributed by atoms with Crippen molar-refractivity contribution in [2.24, 2.45) is 9.98 Å². The summed E-state index contributed by atoms with van der Waals surface area (Å²) in [6.07, 6.45) is -22.4. The van der Waals surface area contributed by atoms with Gasteiger partial charge in [-0.25, -0.2) is 35.9 Å². The van der Waals surface area contributed by atoms with E-state index in [1.807, 2.05) is 0 Å². The first kappa shape index (κ1) is 110. The molecule has 2 aliphatic rings. The Bertz CT molecular complexity index is 5900. The maximum absolute atomic E-state index is 13.9. The Kier molecular flexibility index (Phi) is 36.7. The van der Waals surface area contributed by atoms with Crippen molar-refractivity contribution in [1.82, 2.24) is 31.0 Å². The average molecular weight is 2060 g/mol. The first-order valence-corrected chi connectivity index (χ1v) is 36.2. The molecule has 7 aromatic carbocycles. The Balaban J connectivity index is 0.000000284. The van der Waals surface area contributed by atoms with Crippen molar-refractivity contribution in [3.05, 3.63) is 292 Å². The van der Waals surface area contributed by atoms with Gasteiger partial charge in [-0.2, -0.15) is 120 Å². The van der Waals surface area contributed by atoms with E-state index in [0.717, 1.165) is 54.9 Å². The monoisotopic (exact) mass is 2060 g/mol. The number of aliphatic imine (C=N–C) groups is 2. The zero-order valence-electron chi connectivity index (χ0n) is 64.2. The Labute approximate surface area is 743 Å². The zero-order chi connectivity index (χ0) is 101. The van der Waals surface area contributed by atoms with E-state index < -0.39 is 203 Å². The minimum Gasteiger partial charge on any atom is -0.478 e. The molecule has 0 fully saturated rings. The second kappa shape index (κ2) is 44.3. The Morgan fingerprint density at radius 2 is 0.722 bits per heavy atom. The number of anilines is 2. The lowest BCUT2D eigenvalue weighted by Gasteiger charge is -2.21. The molecule has 11 rings (SSSR count). The number of aryl methyl sites for hydroxylation is 1. The van der Waals surface area contributed by atoms with Crippen LogP contribution in [0.4, 0.5) is 147 Å². The van der Waals surface area contributed by atoms with Gasteiger partial charge in [0.05, 0.1) is 68.5 Å². The summed E-state index contributed by atoms with van der Waals surface area (Å²) in [5, 5.41) is 36.1. The molecule has 0 radical (unpaired) electrons. The molecular formula is C77H43BrCl3F31N10O11. The van der Waals surface area contributed by atoms with Crippen LogP contribution in [0.1, 0.15) is 95.5 Å². The van der Waals surface area contributed by atoms with Gasteiger partial charge in [-0.05, 0) is 121 Å². The SMILES string of the molecule is Cc1cc(F)ccc1Oc1cc(C(F)(F)C(F)(F)F)ccc1C(=O)NC1=CC(=O)CN=C1.Nc1cnnc(Cl)c1.O=C(Cl)c1ccc(C(F)(F)C(F)(F)F)cc1F.O=C(Nc1cnnc(Cl)c1)c1ccc(C(F)(F)C(F)(F)F)cc1F.O=C(O)c1ccc(Br)cc1F.O=C(O)c1ccc(C(F)(F)C(F)(F)F)cc1F.O=C1C=C(NC(=O)c2ccc(C(F)(F)C(F)(F)F)cc2F)C=NC1. The van der Waals surface area contributed by atoms with Crippen molar-refractivity contribution in [3.63, 3.8) is 0 Å². The molecule has 712 valence electrons. The zero-order valence-corrected chi connectivity index (χ0v) is 68.1. The largest absolute Gasteiger partial charge is 0.478 e. The summed E-state index contributed by atoms with van der Waals surface area (Å²) in [5.74, 6) is -41.5. The van der Waals surface area contributed by atoms with Gasteiger partial charge < -0.3 is 36.6 Å². The van der Waals surface area contributed by atoms with Crippen molar-refractivity contribution < 1.29 is 189 Å². The third kappa shape index (κ3) is 29.8. The van der Waals surface area contributed by atoms with Crippen molar-refractivity contribution in [3.8, 4) is 11.5 Å². The first-order chi connectivity index (χ1) is 61.0. The van der Waals surface area contributed by atoms with Crippen molar-refractivity contribution in [2.75, 3.05) is 24.1 Å². The predicted octanol–water partition coefficient (Wildman–Crippen LogP) is 21.8.